The zero-order valence-corrected chi connectivity index (χ0v) is 13.8. The molecule has 0 spiro atoms. The molecule has 1 aliphatic heterocycles. The van der Waals surface area contributed by atoms with E-state index in [0.717, 1.165) is 25.1 Å². The molecular weight excluding hydrogens is 276 g/mol. The molecule has 0 bridgehead atoms. The van der Waals surface area contributed by atoms with Gasteiger partial charge in [-0.15, -0.1) is 0 Å². The van der Waals surface area contributed by atoms with Gasteiger partial charge >= 0.3 is 5.97 Å². The number of rotatable bonds is 0. The maximum atomic E-state index is 12.1. The van der Waals surface area contributed by atoms with E-state index in [1.807, 2.05) is 20.0 Å². The van der Waals surface area contributed by atoms with Gasteiger partial charge in [0.2, 0.25) is 0 Å². The average molecular weight is 300 g/mol. The Hall–Kier alpha value is -1.45. The molecular formula is C18H24N2O2. The molecule has 0 radical (unpaired) electrons. The predicted molar refractivity (Wildman–Crippen MR) is 82.3 cm³/mol. The van der Waals surface area contributed by atoms with Gasteiger partial charge in [0.05, 0.1) is 11.6 Å². The Balaban J connectivity index is 1.79. The normalized spacial score (nSPS) is 43.1. The third-order valence-electron chi connectivity index (χ3n) is 6.48. The highest BCUT2D eigenvalue weighted by atomic mass is 16.6. The molecule has 22 heavy (non-hydrogen) atoms. The largest absolute Gasteiger partial charge is 0.461 e. The van der Waals surface area contributed by atoms with Crippen LogP contribution < -0.4 is 0 Å². The van der Waals surface area contributed by atoms with Crippen LogP contribution in [0.3, 0.4) is 0 Å². The minimum Gasteiger partial charge on any atom is -0.461 e. The minimum absolute atomic E-state index is 0.00360. The van der Waals surface area contributed by atoms with Gasteiger partial charge in [-0.1, -0.05) is 20.8 Å². The summed E-state index contributed by atoms with van der Waals surface area (Å²) in [6.45, 7) is 8.60. The van der Waals surface area contributed by atoms with Crippen molar-refractivity contribution in [3.05, 3.63) is 23.3 Å². The standard InChI is InChI=1S/C18H24N2O2/c1-9-13-5-6-18(4)7-12-8-19-11(3)20-15(12)10(2)14(18)16(13)22-17(9)21/h8-10,13-14,16H,5-7H2,1-4H3/t9-,10-,13+,14-,16-,18+/m1/s1. The molecule has 0 amide bonds. The van der Waals surface area contributed by atoms with E-state index in [-0.39, 0.29) is 23.4 Å². The summed E-state index contributed by atoms with van der Waals surface area (Å²) >= 11 is 0. The van der Waals surface area contributed by atoms with E-state index in [2.05, 4.69) is 18.8 Å². The van der Waals surface area contributed by atoms with Crippen LogP contribution in [0.4, 0.5) is 0 Å². The second-order valence-electron chi connectivity index (χ2n) is 7.87. The molecule has 4 rings (SSSR count). The van der Waals surface area contributed by atoms with Crippen molar-refractivity contribution >= 4 is 5.97 Å². The molecule has 1 saturated heterocycles. The van der Waals surface area contributed by atoms with Crippen LogP contribution in [0.2, 0.25) is 0 Å². The highest BCUT2D eigenvalue weighted by Crippen LogP contribution is 2.58. The van der Waals surface area contributed by atoms with Crippen molar-refractivity contribution in [2.75, 3.05) is 0 Å². The van der Waals surface area contributed by atoms with Crippen molar-refractivity contribution < 1.29 is 9.53 Å². The Morgan fingerprint density at radius 3 is 2.86 bits per heavy atom. The second kappa shape index (κ2) is 4.53. The number of aromatic nitrogens is 2. The number of esters is 1. The highest BCUT2D eigenvalue weighted by molar-refractivity contribution is 5.75. The van der Waals surface area contributed by atoms with E-state index in [1.165, 1.54) is 11.3 Å². The fraction of sp³-hybridized carbons (Fsp3) is 0.722. The first-order chi connectivity index (χ1) is 10.4. The number of ether oxygens (including phenoxy) is 1. The van der Waals surface area contributed by atoms with Crippen LogP contribution in [0.1, 0.15) is 56.6 Å². The van der Waals surface area contributed by atoms with Gasteiger partial charge in [-0.05, 0) is 37.2 Å². The Bertz CT molecular complexity index is 644. The molecule has 1 aromatic rings. The maximum absolute atomic E-state index is 12.1. The molecule has 2 fully saturated rings. The zero-order chi connectivity index (χ0) is 15.6. The van der Waals surface area contributed by atoms with E-state index >= 15 is 0 Å². The van der Waals surface area contributed by atoms with Crippen LogP contribution >= 0.6 is 0 Å². The van der Waals surface area contributed by atoms with Crippen molar-refractivity contribution in [2.24, 2.45) is 23.2 Å². The Labute approximate surface area is 131 Å². The molecule has 0 unspecified atom stereocenters. The zero-order valence-electron chi connectivity index (χ0n) is 13.8. The van der Waals surface area contributed by atoms with E-state index in [9.17, 15) is 4.79 Å². The number of carbonyl (C=O) groups excluding carboxylic acids is 1. The van der Waals surface area contributed by atoms with E-state index in [0.29, 0.717) is 17.8 Å². The van der Waals surface area contributed by atoms with Gasteiger partial charge in [-0.3, -0.25) is 4.79 Å². The fourth-order valence-corrected chi connectivity index (χ4v) is 5.34. The molecule has 0 N–H and O–H groups in total. The van der Waals surface area contributed by atoms with Crippen molar-refractivity contribution in [2.45, 2.75) is 59.0 Å². The molecule has 3 aliphatic rings. The number of hydrogen-bond acceptors (Lipinski definition) is 4. The average Bonchev–Trinajstić information content (AvgIpc) is 2.74. The van der Waals surface area contributed by atoms with Gasteiger partial charge < -0.3 is 4.74 Å². The van der Waals surface area contributed by atoms with Crippen LogP contribution in [-0.4, -0.2) is 22.0 Å². The predicted octanol–water partition coefficient (Wildman–Crippen LogP) is 3.04. The summed E-state index contributed by atoms with van der Waals surface area (Å²) < 4.78 is 5.85. The summed E-state index contributed by atoms with van der Waals surface area (Å²) in [6, 6.07) is 0. The van der Waals surface area contributed by atoms with E-state index in [1.54, 1.807) is 0 Å². The number of hydrogen-bond donors (Lipinski definition) is 0. The van der Waals surface area contributed by atoms with Crippen LogP contribution in [0.25, 0.3) is 0 Å². The molecule has 2 heterocycles. The van der Waals surface area contributed by atoms with Crippen LogP contribution in [0.15, 0.2) is 6.20 Å². The summed E-state index contributed by atoms with van der Waals surface area (Å²) in [5.74, 6) is 1.96. The Kier molecular flexibility index (Phi) is 2.91. The number of aryl methyl sites for hydroxylation is 1. The van der Waals surface area contributed by atoms with Crippen molar-refractivity contribution in [3.8, 4) is 0 Å². The third kappa shape index (κ3) is 1.79. The number of carbonyl (C=O) groups is 1. The lowest BCUT2D eigenvalue weighted by Gasteiger charge is -2.52. The molecule has 6 atom stereocenters. The molecule has 118 valence electrons. The summed E-state index contributed by atoms with van der Waals surface area (Å²) in [6.07, 6.45) is 5.34. The van der Waals surface area contributed by atoms with Gasteiger partial charge in [-0.25, -0.2) is 9.97 Å². The molecule has 0 aromatic carbocycles. The van der Waals surface area contributed by atoms with E-state index < -0.39 is 0 Å². The van der Waals surface area contributed by atoms with Crippen LogP contribution in [0.5, 0.6) is 0 Å². The van der Waals surface area contributed by atoms with Gasteiger partial charge in [0.25, 0.3) is 0 Å². The topological polar surface area (TPSA) is 52.1 Å². The van der Waals surface area contributed by atoms with Gasteiger partial charge in [0, 0.05) is 24.0 Å². The Morgan fingerprint density at radius 1 is 1.32 bits per heavy atom. The fourth-order valence-electron chi connectivity index (χ4n) is 5.34. The molecule has 2 aliphatic carbocycles. The molecule has 4 nitrogen and oxygen atoms in total. The summed E-state index contributed by atoms with van der Waals surface area (Å²) in [5.41, 5.74) is 2.65. The van der Waals surface area contributed by atoms with Crippen molar-refractivity contribution in [1.29, 1.82) is 0 Å². The SMILES string of the molecule is Cc1ncc2c(n1)[C@H](C)[C@@H]1[C@@H]3OC(=O)[C@H](C)[C@@H]3CC[C@@]1(C)C2. The molecule has 4 heteroatoms. The lowest BCUT2D eigenvalue weighted by atomic mass is 9.53. The first-order valence-corrected chi connectivity index (χ1v) is 8.43. The molecule has 1 aromatic heterocycles. The summed E-state index contributed by atoms with van der Waals surface area (Å²) in [7, 11) is 0. The van der Waals surface area contributed by atoms with Crippen molar-refractivity contribution in [3.63, 3.8) is 0 Å². The minimum atomic E-state index is -0.00360. The number of nitrogens with zero attached hydrogens (tertiary/aromatic N) is 2. The second-order valence-corrected chi connectivity index (χ2v) is 7.87. The lowest BCUT2D eigenvalue weighted by Crippen LogP contribution is -2.50. The lowest BCUT2D eigenvalue weighted by molar-refractivity contribution is -0.149. The number of fused-ring (bicyclic) bond motifs is 4. The maximum Gasteiger partial charge on any atom is 0.309 e. The highest BCUT2D eigenvalue weighted by Gasteiger charge is 2.58. The van der Waals surface area contributed by atoms with Gasteiger partial charge in [-0.2, -0.15) is 0 Å². The van der Waals surface area contributed by atoms with Crippen LogP contribution in [-0.2, 0) is 16.0 Å². The third-order valence-corrected chi connectivity index (χ3v) is 6.48. The smallest absolute Gasteiger partial charge is 0.309 e. The summed E-state index contributed by atoms with van der Waals surface area (Å²) in [5, 5.41) is 0. The molecule has 1 saturated carbocycles. The Morgan fingerprint density at radius 2 is 2.09 bits per heavy atom. The monoisotopic (exact) mass is 300 g/mol. The van der Waals surface area contributed by atoms with Crippen LogP contribution in [0, 0.1) is 30.1 Å². The van der Waals surface area contributed by atoms with Gasteiger partial charge in [0.15, 0.2) is 0 Å². The first kappa shape index (κ1) is 14.2. The van der Waals surface area contributed by atoms with E-state index in [4.69, 9.17) is 9.72 Å². The quantitative estimate of drug-likeness (QED) is 0.691. The first-order valence-electron chi connectivity index (χ1n) is 8.43. The summed E-state index contributed by atoms with van der Waals surface area (Å²) in [4.78, 5) is 21.2. The van der Waals surface area contributed by atoms with Crippen molar-refractivity contribution in [1.82, 2.24) is 9.97 Å². The van der Waals surface area contributed by atoms with Gasteiger partial charge in [0.1, 0.15) is 11.9 Å².